The van der Waals surface area contributed by atoms with Crippen molar-refractivity contribution in [3.63, 3.8) is 0 Å². The highest BCUT2D eigenvalue weighted by molar-refractivity contribution is 5.89. The van der Waals surface area contributed by atoms with Crippen LogP contribution in [0.1, 0.15) is 42.7 Å². The van der Waals surface area contributed by atoms with Crippen LogP contribution in [0.4, 0.5) is 0 Å². The van der Waals surface area contributed by atoms with Crippen molar-refractivity contribution in [2.75, 3.05) is 7.11 Å². The maximum Gasteiger partial charge on any atom is 0.343 e. The van der Waals surface area contributed by atoms with Gasteiger partial charge in [0.25, 0.3) is 0 Å². The predicted octanol–water partition coefficient (Wildman–Crippen LogP) is 2.41. The van der Waals surface area contributed by atoms with Gasteiger partial charge in [-0.1, -0.05) is 20.8 Å². The van der Waals surface area contributed by atoms with Gasteiger partial charge in [0.15, 0.2) is 5.43 Å². The van der Waals surface area contributed by atoms with Gasteiger partial charge in [-0.3, -0.25) is 9.48 Å². The second-order valence-electron chi connectivity index (χ2n) is 7.08. The van der Waals surface area contributed by atoms with Gasteiger partial charge in [0.05, 0.1) is 37.3 Å². The average Bonchev–Trinajstić information content (AvgIpc) is 2.85. The third-order valence-corrected chi connectivity index (χ3v) is 4.43. The molecule has 0 saturated heterocycles. The number of fused-ring (bicyclic) bond motifs is 3. The molecule has 3 heterocycles. The van der Waals surface area contributed by atoms with Gasteiger partial charge in [0.1, 0.15) is 5.56 Å². The first-order chi connectivity index (χ1) is 10.7. The quantitative estimate of drug-likeness (QED) is 0.758. The van der Waals surface area contributed by atoms with E-state index in [0.717, 1.165) is 17.0 Å². The van der Waals surface area contributed by atoms with Crippen molar-refractivity contribution in [3.05, 3.63) is 39.8 Å². The van der Waals surface area contributed by atoms with E-state index in [2.05, 4.69) is 25.9 Å². The molecule has 0 fully saturated rings. The Labute approximate surface area is 134 Å². The topological polar surface area (TPSA) is 66.1 Å². The number of rotatable bonds is 1. The summed E-state index contributed by atoms with van der Waals surface area (Å²) in [5, 5.41) is 4.43. The van der Waals surface area contributed by atoms with E-state index in [1.165, 1.54) is 13.2 Å². The van der Waals surface area contributed by atoms with E-state index >= 15 is 0 Å². The smallest absolute Gasteiger partial charge is 0.343 e. The lowest BCUT2D eigenvalue weighted by atomic mass is 9.85. The first-order valence-corrected chi connectivity index (χ1v) is 7.61. The molecule has 0 N–H and O–H groups in total. The number of carbonyl (C=O) groups is 1. The number of esters is 1. The van der Waals surface area contributed by atoms with E-state index in [1.807, 2.05) is 22.4 Å². The molecule has 0 unspecified atom stereocenters. The zero-order chi connectivity index (χ0) is 16.9. The van der Waals surface area contributed by atoms with Crippen molar-refractivity contribution in [2.24, 2.45) is 5.41 Å². The van der Waals surface area contributed by atoms with E-state index in [-0.39, 0.29) is 22.4 Å². The fraction of sp³-hybridized carbons (Fsp3) is 0.471. The molecule has 2 aromatic heterocycles. The zero-order valence-corrected chi connectivity index (χ0v) is 14.1. The summed E-state index contributed by atoms with van der Waals surface area (Å²) < 4.78 is 8.71. The zero-order valence-electron chi connectivity index (χ0n) is 14.1. The molecule has 2 aromatic rings. The minimum atomic E-state index is -0.603. The molecule has 3 rings (SSSR count). The maximum absolute atomic E-state index is 12.3. The molecule has 23 heavy (non-hydrogen) atoms. The fourth-order valence-electron chi connectivity index (χ4n) is 3.15. The lowest BCUT2D eigenvalue weighted by Gasteiger charge is -2.38. The van der Waals surface area contributed by atoms with Crippen molar-refractivity contribution in [1.82, 2.24) is 14.3 Å². The van der Waals surface area contributed by atoms with E-state index < -0.39 is 5.97 Å². The van der Waals surface area contributed by atoms with Gasteiger partial charge < -0.3 is 9.30 Å². The minimum absolute atomic E-state index is 0.0608. The standard InChI is InChI=1S/C17H21N3O3/c1-10-7-18-20-9-14(17(2,3)4)19-8-11(16(22)23-5)13(21)6-12(19)15(10)20/h6-8,14H,9H2,1-5H3/t14-/m0/s1. The highest BCUT2D eigenvalue weighted by Gasteiger charge is 2.34. The van der Waals surface area contributed by atoms with Gasteiger partial charge >= 0.3 is 5.97 Å². The van der Waals surface area contributed by atoms with Crippen LogP contribution in [-0.2, 0) is 11.3 Å². The first kappa shape index (κ1) is 15.5. The molecule has 0 radical (unpaired) electrons. The summed E-state index contributed by atoms with van der Waals surface area (Å²) in [5.41, 5.74) is 2.41. The average molecular weight is 315 g/mol. The Morgan fingerprint density at radius 1 is 1.39 bits per heavy atom. The highest BCUT2D eigenvalue weighted by Crippen LogP contribution is 2.40. The number of nitrogens with zero attached hydrogens (tertiary/aromatic N) is 3. The molecule has 1 aliphatic heterocycles. The molecule has 6 heteroatoms. The van der Waals surface area contributed by atoms with Crippen LogP contribution in [0.15, 0.2) is 23.3 Å². The van der Waals surface area contributed by atoms with Crippen LogP contribution in [0.5, 0.6) is 0 Å². The van der Waals surface area contributed by atoms with Crippen LogP contribution >= 0.6 is 0 Å². The second-order valence-corrected chi connectivity index (χ2v) is 7.08. The third kappa shape index (κ3) is 2.38. The van der Waals surface area contributed by atoms with E-state index in [0.29, 0.717) is 6.54 Å². The van der Waals surface area contributed by atoms with Gasteiger partial charge in [0, 0.05) is 12.3 Å². The Kier molecular flexibility index (Phi) is 3.43. The Morgan fingerprint density at radius 2 is 2.09 bits per heavy atom. The van der Waals surface area contributed by atoms with Crippen molar-refractivity contribution >= 4 is 5.97 Å². The second kappa shape index (κ2) is 5.08. The Bertz CT molecular complexity index is 840. The van der Waals surface area contributed by atoms with Gasteiger partial charge in [0.2, 0.25) is 0 Å². The number of hydrogen-bond donors (Lipinski definition) is 0. The van der Waals surface area contributed by atoms with Crippen LogP contribution in [-0.4, -0.2) is 27.4 Å². The molecule has 0 aliphatic carbocycles. The predicted molar refractivity (Wildman–Crippen MR) is 86.5 cm³/mol. The summed E-state index contributed by atoms with van der Waals surface area (Å²) in [7, 11) is 1.28. The number of aromatic nitrogens is 3. The molecular weight excluding hydrogens is 294 g/mol. The van der Waals surface area contributed by atoms with Crippen molar-refractivity contribution < 1.29 is 9.53 Å². The molecule has 0 spiro atoms. The molecule has 0 bridgehead atoms. The Hall–Kier alpha value is -2.37. The molecule has 122 valence electrons. The number of pyridine rings is 1. The number of methoxy groups -OCH3 is 1. The SMILES string of the molecule is COC(=O)c1cn2c(cc1=O)-c1c(C)cnn1C[C@H]2C(C)(C)C. The van der Waals surface area contributed by atoms with E-state index in [9.17, 15) is 9.59 Å². The molecule has 0 saturated carbocycles. The number of ether oxygens (including phenoxy) is 1. The molecule has 1 aliphatic rings. The highest BCUT2D eigenvalue weighted by atomic mass is 16.5. The number of aryl methyl sites for hydroxylation is 1. The summed E-state index contributed by atoms with van der Waals surface area (Å²) in [5.74, 6) is -0.603. The van der Waals surface area contributed by atoms with Crippen LogP contribution < -0.4 is 5.43 Å². The minimum Gasteiger partial charge on any atom is -0.465 e. The summed E-state index contributed by atoms with van der Waals surface area (Å²) in [6, 6.07) is 1.60. The van der Waals surface area contributed by atoms with Gasteiger partial charge in [-0.2, -0.15) is 5.10 Å². The van der Waals surface area contributed by atoms with E-state index in [1.54, 1.807) is 6.20 Å². The van der Waals surface area contributed by atoms with Crippen molar-refractivity contribution in [2.45, 2.75) is 40.3 Å². The first-order valence-electron chi connectivity index (χ1n) is 7.61. The Morgan fingerprint density at radius 3 is 2.70 bits per heavy atom. The molecule has 0 amide bonds. The van der Waals surface area contributed by atoms with Crippen LogP contribution in [0.2, 0.25) is 0 Å². The number of carbonyl (C=O) groups excluding carboxylic acids is 1. The van der Waals surface area contributed by atoms with E-state index in [4.69, 9.17) is 4.74 Å². The number of hydrogen-bond acceptors (Lipinski definition) is 4. The van der Waals surface area contributed by atoms with Crippen molar-refractivity contribution in [1.29, 1.82) is 0 Å². The normalized spacial score (nSPS) is 16.7. The third-order valence-electron chi connectivity index (χ3n) is 4.43. The van der Waals surface area contributed by atoms with Crippen LogP contribution in [0.3, 0.4) is 0 Å². The van der Waals surface area contributed by atoms with Gasteiger partial charge in [-0.05, 0) is 17.9 Å². The fourth-order valence-corrected chi connectivity index (χ4v) is 3.15. The molecular formula is C17H21N3O3. The largest absolute Gasteiger partial charge is 0.465 e. The summed E-state index contributed by atoms with van der Waals surface area (Å²) >= 11 is 0. The van der Waals surface area contributed by atoms with Gasteiger partial charge in [-0.15, -0.1) is 0 Å². The van der Waals surface area contributed by atoms with Crippen molar-refractivity contribution in [3.8, 4) is 11.4 Å². The monoisotopic (exact) mass is 315 g/mol. The van der Waals surface area contributed by atoms with Crippen LogP contribution in [0, 0.1) is 12.3 Å². The maximum atomic E-state index is 12.3. The molecule has 0 aromatic carbocycles. The summed E-state index contributed by atoms with van der Waals surface area (Å²) in [4.78, 5) is 24.2. The lowest BCUT2D eigenvalue weighted by molar-refractivity contribution is 0.0597. The molecule has 1 atom stereocenters. The van der Waals surface area contributed by atoms with Gasteiger partial charge in [-0.25, -0.2) is 4.79 Å². The molecule has 6 nitrogen and oxygen atoms in total. The summed E-state index contributed by atoms with van der Waals surface area (Å²) in [6.07, 6.45) is 3.44. The summed E-state index contributed by atoms with van der Waals surface area (Å²) in [6.45, 7) is 9.08. The Balaban J connectivity index is 2.31. The van der Waals surface area contributed by atoms with Crippen LogP contribution in [0.25, 0.3) is 11.4 Å². The lowest BCUT2D eigenvalue weighted by Crippen LogP contribution is -2.35.